The summed E-state index contributed by atoms with van der Waals surface area (Å²) in [4.78, 5) is 28.2. The van der Waals surface area contributed by atoms with Gasteiger partial charge >= 0.3 is 4.87 Å². The van der Waals surface area contributed by atoms with E-state index in [2.05, 4.69) is 0 Å². The van der Waals surface area contributed by atoms with Crippen LogP contribution in [0.2, 0.25) is 5.02 Å². The van der Waals surface area contributed by atoms with Gasteiger partial charge in [0.1, 0.15) is 5.82 Å². The Morgan fingerprint density at radius 3 is 2.29 bits per heavy atom. The molecule has 1 amide bonds. The van der Waals surface area contributed by atoms with E-state index in [1.165, 1.54) is 11.7 Å². The number of hydrogen-bond acceptors (Lipinski definition) is 6. The molecule has 2 heterocycles. The zero-order valence-corrected chi connectivity index (χ0v) is 19.0. The van der Waals surface area contributed by atoms with E-state index in [-0.39, 0.29) is 23.1 Å². The standard InChI is InChI=1S/C22H21ClN2O5S/c1-24-21-20(31-22(24)27)15(11-18(26)25(21)14-7-5-6-13(23)10-14)12-8-16(28-2)19(30-4)17(9-12)29-3/h5-10,15H,11H2,1-4H3/t15-/m1/s1. The molecule has 2 aromatic carbocycles. The number of thiazole rings is 1. The summed E-state index contributed by atoms with van der Waals surface area (Å²) in [5.74, 6) is 1.54. The molecule has 9 heteroatoms. The van der Waals surface area contributed by atoms with Gasteiger partial charge in [-0.05, 0) is 35.9 Å². The Morgan fingerprint density at radius 2 is 1.71 bits per heavy atom. The maximum Gasteiger partial charge on any atom is 0.308 e. The molecular formula is C22H21ClN2O5S. The molecule has 31 heavy (non-hydrogen) atoms. The molecule has 1 aliphatic rings. The van der Waals surface area contributed by atoms with Gasteiger partial charge in [-0.1, -0.05) is 29.0 Å². The number of methoxy groups -OCH3 is 3. The molecular weight excluding hydrogens is 440 g/mol. The molecule has 0 aliphatic carbocycles. The van der Waals surface area contributed by atoms with Crippen molar-refractivity contribution in [3.8, 4) is 17.2 Å². The third-order valence-corrected chi connectivity index (χ3v) is 6.69. The van der Waals surface area contributed by atoms with Gasteiger partial charge in [0, 0.05) is 24.4 Å². The Bertz CT molecular complexity index is 1190. The Labute approximate surface area is 188 Å². The lowest BCUT2D eigenvalue weighted by Gasteiger charge is -2.32. The summed E-state index contributed by atoms with van der Waals surface area (Å²) >= 11 is 7.29. The van der Waals surface area contributed by atoms with E-state index < -0.39 is 0 Å². The van der Waals surface area contributed by atoms with E-state index in [4.69, 9.17) is 25.8 Å². The van der Waals surface area contributed by atoms with Crippen molar-refractivity contribution in [2.45, 2.75) is 12.3 Å². The Morgan fingerprint density at radius 1 is 1.03 bits per heavy atom. The number of carbonyl (C=O) groups excluding carboxylic acids is 1. The van der Waals surface area contributed by atoms with Crippen molar-refractivity contribution in [3.63, 3.8) is 0 Å². The van der Waals surface area contributed by atoms with E-state index in [0.717, 1.165) is 21.8 Å². The highest BCUT2D eigenvalue weighted by molar-refractivity contribution is 7.10. The van der Waals surface area contributed by atoms with Crippen molar-refractivity contribution in [3.05, 3.63) is 61.5 Å². The third kappa shape index (κ3) is 3.55. The number of halogens is 1. The summed E-state index contributed by atoms with van der Waals surface area (Å²) in [6.45, 7) is 0. The van der Waals surface area contributed by atoms with E-state index in [9.17, 15) is 9.59 Å². The predicted molar refractivity (Wildman–Crippen MR) is 121 cm³/mol. The van der Waals surface area contributed by atoms with Crippen LogP contribution in [0.1, 0.15) is 22.8 Å². The van der Waals surface area contributed by atoms with Crippen LogP contribution in [0.4, 0.5) is 11.5 Å². The lowest BCUT2D eigenvalue weighted by atomic mass is 9.90. The minimum atomic E-state index is -0.328. The zero-order valence-electron chi connectivity index (χ0n) is 17.5. The fourth-order valence-electron chi connectivity index (χ4n) is 3.88. The first-order chi connectivity index (χ1) is 14.9. The van der Waals surface area contributed by atoms with Gasteiger partial charge < -0.3 is 14.2 Å². The smallest absolute Gasteiger partial charge is 0.308 e. The van der Waals surface area contributed by atoms with Crippen molar-refractivity contribution in [2.24, 2.45) is 7.05 Å². The minimum absolute atomic E-state index is 0.137. The molecule has 1 aliphatic heterocycles. The Kier molecular flexibility index (Phi) is 5.68. The highest BCUT2D eigenvalue weighted by atomic mass is 35.5. The quantitative estimate of drug-likeness (QED) is 0.567. The maximum absolute atomic E-state index is 13.3. The van der Waals surface area contributed by atoms with Crippen molar-refractivity contribution in [1.82, 2.24) is 4.57 Å². The third-order valence-electron chi connectivity index (χ3n) is 5.32. The Hall–Kier alpha value is -2.97. The largest absolute Gasteiger partial charge is 0.493 e. The molecule has 0 bridgehead atoms. The van der Waals surface area contributed by atoms with Crippen molar-refractivity contribution in [2.75, 3.05) is 26.2 Å². The van der Waals surface area contributed by atoms with Crippen LogP contribution in [0.5, 0.6) is 17.2 Å². The van der Waals surface area contributed by atoms with Gasteiger partial charge in [0.25, 0.3) is 0 Å². The van der Waals surface area contributed by atoms with E-state index in [1.807, 2.05) is 12.1 Å². The molecule has 0 spiro atoms. The number of anilines is 2. The van der Waals surface area contributed by atoms with Crippen LogP contribution in [0.15, 0.2) is 41.2 Å². The summed E-state index contributed by atoms with van der Waals surface area (Å²) in [5.41, 5.74) is 1.42. The van der Waals surface area contributed by atoms with Crippen molar-refractivity contribution < 1.29 is 19.0 Å². The molecule has 0 N–H and O–H groups in total. The lowest BCUT2D eigenvalue weighted by Crippen LogP contribution is -2.34. The van der Waals surface area contributed by atoms with Crippen LogP contribution in [-0.2, 0) is 11.8 Å². The second-order valence-corrected chi connectivity index (χ2v) is 8.47. The fourth-order valence-corrected chi connectivity index (χ4v) is 5.15. The first kappa shape index (κ1) is 21.3. The first-order valence-electron chi connectivity index (χ1n) is 9.47. The number of hydrogen-bond donors (Lipinski definition) is 0. The molecule has 1 aromatic heterocycles. The normalized spacial score (nSPS) is 15.6. The molecule has 0 unspecified atom stereocenters. The monoisotopic (exact) mass is 460 g/mol. The summed E-state index contributed by atoms with van der Waals surface area (Å²) < 4.78 is 17.9. The topological polar surface area (TPSA) is 70.0 Å². The van der Waals surface area contributed by atoms with Crippen molar-refractivity contribution in [1.29, 1.82) is 0 Å². The van der Waals surface area contributed by atoms with Crippen LogP contribution in [0, 0.1) is 0 Å². The summed E-state index contributed by atoms with van der Waals surface area (Å²) in [6, 6.07) is 10.7. The molecule has 0 saturated heterocycles. The number of amides is 1. The summed E-state index contributed by atoms with van der Waals surface area (Å²) in [5, 5.41) is 0.513. The molecule has 1 atom stereocenters. The van der Waals surface area contributed by atoms with E-state index in [0.29, 0.717) is 33.8 Å². The van der Waals surface area contributed by atoms with E-state index >= 15 is 0 Å². The highest BCUT2D eigenvalue weighted by Gasteiger charge is 2.38. The maximum atomic E-state index is 13.3. The number of carbonyl (C=O) groups is 1. The summed E-state index contributed by atoms with van der Waals surface area (Å²) in [7, 11) is 6.29. The number of ether oxygens (including phenoxy) is 3. The number of rotatable bonds is 5. The van der Waals surface area contributed by atoms with Gasteiger partial charge in [-0.3, -0.25) is 19.1 Å². The number of fused-ring (bicyclic) bond motifs is 1. The number of aromatic nitrogens is 1. The van der Waals surface area contributed by atoms with Crippen LogP contribution >= 0.6 is 22.9 Å². The van der Waals surface area contributed by atoms with Crippen LogP contribution in [-0.4, -0.2) is 31.8 Å². The molecule has 7 nitrogen and oxygen atoms in total. The Balaban J connectivity index is 1.91. The highest BCUT2D eigenvalue weighted by Crippen LogP contribution is 2.48. The second-order valence-electron chi connectivity index (χ2n) is 7.04. The molecule has 4 rings (SSSR count). The predicted octanol–water partition coefficient (Wildman–Crippen LogP) is 4.33. The lowest BCUT2D eigenvalue weighted by molar-refractivity contribution is -0.118. The summed E-state index contributed by atoms with van der Waals surface area (Å²) in [6.07, 6.45) is 0.179. The fraction of sp³-hybridized carbons (Fsp3) is 0.273. The second kappa shape index (κ2) is 8.28. The van der Waals surface area contributed by atoms with Crippen LogP contribution < -0.4 is 24.0 Å². The molecule has 0 radical (unpaired) electrons. The average molecular weight is 461 g/mol. The van der Waals surface area contributed by atoms with Gasteiger partial charge in [0.15, 0.2) is 11.5 Å². The molecule has 0 fully saturated rings. The van der Waals surface area contributed by atoms with Gasteiger partial charge in [-0.25, -0.2) is 0 Å². The van der Waals surface area contributed by atoms with Crippen LogP contribution in [0.3, 0.4) is 0 Å². The number of benzene rings is 2. The van der Waals surface area contributed by atoms with Crippen molar-refractivity contribution >= 4 is 40.4 Å². The number of nitrogens with zero attached hydrogens (tertiary/aromatic N) is 2. The average Bonchev–Trinajstić information content (AvgIpc) is 3.06. The van der Waals surface area contributed by atoms with Gasteiger partial charge in [0.2, 0.25) is 11.7 Å². The van der Waals surface area contributed by atoms with E-state index in [1.54, 1.807) is 50.4 Å². The van der Waals surface area contributed by atoms with Gasteiger partial charge in [-0.15, -0.1) is 0 Å². The zero-order chi connectivity index (χ0) is 22.3. The molecule has 0 saturated carbocycles. The van der Waals surface area contributed by atoms with Crippen LogP contribution in [0.25, 0.3) is 0 Å². The SMILES string of the molecule is COc1cc([C@H]2CC(=O)N(c3cccc(Cl)c3)c3c2sc(=O)n3C)cc(OC)c1OC. The van der Waals surface area contributed by atoms with Gasteiger partial charge in [0.05, 0.1) is 31.9 Å². The van der Waals surface area contributed by atoms with Gasteiger partial charge in [-0.2, -0.15) is 0 Å². The molecule has 3 aromatic rings. The molecule has 162 valence electrons. The first-order valence-corrected chi connectivity index (χ1v) is 10.7. The minimum Gasteiger partial charge on any atom is -0.493 e.